The number of amides is 2. The summed E-state index contributed by atoms with van der Waals surface area (Å²) in [7, 11) is 0. The molecule has 3 aromatic rings. The van der Waals surface area contributed by atoms with E-state index in [0.717, 1.165) is 57.8 Å². The van der Waals surface area contributed by atoms with Crippen molar-refractivity contribution >= 4 is 33.7 Å². The molecule has 5 nitrogen and oxygen atoms in total. The van der Waals surface area contributed by atoms with Crippen LogP contribution in [0.3, 0.4) is 0 Å². The van der Waals surface area contributed by atoms with Gasteiger partial charge in [0.2, 0.25) is 5.91 Å². The summed E-state index contributed by atoms with van der Waals surface area (Å²) in [6.45, 7) is 13.3. The highest BCUT2D eigenvalue weighted by atomic mass is 32.2. The lowest BCUT2D eigenvalue weighted by molar-refractivity contribution is -0.118. The molecule has 1 aliphatic rings. The van der Waals surface area contributed by atoms with Crippen LogP contribution in [0, 0.1) is 0 Å². The molecule has 4 rings (SSSR count). The summed E-state index contributed by atoms with van der Waals surface area (Å²) in [5.74, 6) is 0.998. The Balaban J connectivity index is 1.48. The van der Waals surface area contributed by atoms with Crippen molar-refractivity contribution in [3.05, 3.63) is 70.8 Å². The summed E-state index contributed by atoms with van der Waals surface area (Å²) in [6, 6.07) is 16.3. The van der Waals surface area contributed by atoms with Crippen LogP contribution in [0.2, 0.25) is 0 Å². The number of thioether (sulfide) groups is 1. The quantitative estimate of drug-likeness (QED) is 0.327. The molecule has 1 unspecified atom stereocenters. The van der Waals surface area contributed by atoms with E-state index in [1.54, 1.807) is 0 Å². The molecule has 0 bridgehead atoms. The van der Waals surface area contributed by atoms with Gasteiger partial charge >= 0.3 is 0 Å². The van der Waals surface area contributed by atoms with Crippen molar-refractivity contribution < 1.29 is 19.4 Å². The lowest BCUT2D eigenvalue weighted by Gasteiger charge is -2.28. The number of nitrogens with one attached hydrogen (secondary N) is 1. The number of phenols is 1. The molecule has 2 N–H and O–H groups in total. The third kappa shape index (κ3) is 6.12. The average molecular weight is 520 g/mol. The zero-order valence-corrected chi connectivity index (χ0v) is 23.4. The van der Waals surface area contributed by atoms with Gasteiger partial charge in [0.05, 0.1) is 11.9 Å². The molecule has 1 fully saturated rings. The van der Waals surface area contributed by atoms with Crippen molar-refractivity contribution in [2.75, 3.05) is 6.61 Å². The minimum absolute atomic E-state index is 0.151. The number of phenolic OH excluding ortho intramolecular Hbond substituents is 1. The summed E-state index contributed by atoms with van der Waals surface area (Å²) < 4.78 is 6.23. The minimum atomic E-state index is -0.399. The first-order valence-corrected chi connectivity index (χ1v) is 13.7. The van der Waals surface area contributed by atoms with E-state index in [0.29, 0.717) is 18.8 Å². The zero-order chi connectivity index (χ0) is 27.0. The Kier molecular flexibility index (Phi) is 7.61. The van der Waals surface area contributed by atoms with Crippen molar-refractivity contribution in [2.45, 2.75) is 76.9 Å². The van der Waals surface area contributed by atoms with Gasteiger partial charge in [-0.05, 0) is 63.8 Å². The lowest BCUT2D eigenvalue weighted by atomic mass is 9.78. The first-order chi connectivity index (χ1) is 17.3. The number of imide groups is 1. The summed E-state index contributed by atoms with van der Waals surface area (Å²) in [4.78, 5) is 23.6. The molecule has 0 aromatic heterocycles. The van der Waals surface area contributed by atoms with Crippen molar-refractivity contribution in [2.24, 2.45) is 0 Å². The van der Waals surface area contributed by atoms with Gasteiger partial charge in [-0.3, -0.25) is 14.9 Å². The van der Waals surface area contributed by atoms with E-state index in [4.69, 9.17) is 4.74 Å². The fourth-order valence-electron chi connectivity index (χ4n) is 4.81. The van der Waals surface area contributed by atoms with E-state index < -0.39 is 5.25 Å². The standard InChI is InChI=1S/C31H37NO4S/c1-30(2,3)23-16-19(17-24(27(23)33)31(4,5)6)10-9-15-36-25-14-13-20(21-11-7-8-12-22(21)25)18-26-28(34)32-29(35)37-26/h7-8,11-14,16-17,26,33H,9-10,15,18H2,1-6H3,(H,32,34,35). The molecule has 1 atom stereocenters. The van der Waals surface area contributed by atoms with Crippen LogP contribution in [0.1, 0.15) is 70.2 Å². The molecule has 6 heteroatoms. The zero-order valence-electron chi connectivity index (χ0n) is 22.6. The number of fused-ring (bicyclic) bond motifs is 1. The van der Waals surface area contributed by atoms with Crippen LogP contribution in [-0.2, 0) is 28.5 Å². The molecule has 3 aromatic carbocycles. The third-order valence-corrected chi connectivity index (χ3v) is 7.78. The van der Waals surface area contributed by atoms with Crippen molar-refractivity contribution in [1.82, 2.24) is 5.32 Å². The molecule has 0 saturated carbocycles. The number of carbonyl (C=O) groups is 2. The van der Waals surface area contributed by atoms with Gasteiger partial charge in [0.25, 0.3) is 5.24 Å². The van der Waals surface area contributed by atoms with Crippen molar-refractivity contribution in [1.29, 1.82) is 0 Å². The van der Waals surface area contributed by atoms with E-state index >= 15 is 0 Å². The Morgan fingerprint density at radius 2 is 1.54 bits per heavy atom. The topological polar surface area (TPSA) is 75.6 Å². The minimum Gasteiger partial charge on any atom is -0.507 e. The van der Waals surface area contributed by atoms with E-state index in [2.05, 4.69) is 59.0 Å². The molecular weight excluding hydrogens is 482 g/mol. The van der Waals surface area contributed by atoms with Crippen LogP contribution >= 0.6 is 11.8 Å². The van der Waals surface area contributed by atoms with E-state index in [1.807, 2.05) is 36.4 Å². The molecular formula is C31H37NO4S. The predicted molar refractivity (Wildman–Crippen MR) is 152 cm³/mol. The Bertz CT molecular complexity index is 1300. The maximum Gasteiger partial charge on any atom is 0.286 e. The van der Waals surface area contributed by atoms with Gasteiger partial charge in [0.15, 0.2) is 0 Å². The fraction of sp³-hybridized carbons (Fsp3) is 0.419. The van der Waals surface area contributed by atoms with Gasteiger partial charge in [-0.15, -0.1) is 0 Å². The molecule has 0 spiro atoms. The van der Waals surface area contributed by atoms with Crippen LogP contribution in [-0.4, -0.2) is 28.1 Å². The molecule has 1 heterocycles. The summed E-state index contributed by atoms with van der Waals surface area (Å²) in [5, 5.41) is 14.7. The number of aromatic hydroxyl groups is 1. The Morgan fingerprint density at radius 1 is 0.919 bits per heavy atom. The second-order valence-corrected chi connectivity index (χ2v) is 13.0. The van der Waals surface area contributed by atoms with E-state index in [1.165, 1.54) is 5.56 Å². The Morgan fingerprint density at radius 3 is 2.11 bits per heavy atom. The molecule has 0 radical (unpaired) electrons. The number of rotatable bonds is 7. The van der Waals surface area contributed by atoms with Gasteiger partial charge in [-0.2, -0.15) is 0 Å². The van der Waals surface area contributed by atoms with Gasteiger partial charge in [0.1, 0.15) is 11.5 Å². The van der Waals surface area contributed by atoms with Crippen LogP contribution < -0.4 is 10.1 Å². The number of aryl methyl sites for hydroxylation is 1. The number of hydrogen-bond acceptors (Lipinski definition) is 5. The lowest BCUT2D eigenvalue weighted by Crippen LogP contribution is -2.25. The van der Waals surface area contributed by atoms with Crippen LogP contribution in [0.4, 0.5) is 4.79 Å². The molecule has 1 saturated heterocycles. The SMILES string of the molecule is CC(C)(C)c1cc(CCCOc2ccc(CC3SC(=O)NC3=O)c3ccccc23)cc(C(C)(C)C)c1O. The molecule has 1 aliphatic heterocycles. The molecule has 37 heavy (non-hydrogen) atoms. The van der Waals surface area contributed by atoms with Crippen molar-refractivity contribution in [3.63, 3.8) is 0 Å². The van der Waals surface area contributed by atoms with E-state index in [-0.39, 0.29) is 22.0 Å². The first-order valence-electron chi connectivity index (χ1n) is 12.9. The fourth-order valence-corrected chi connectivity index (χ4v) is 5.65. The number of carbonyl (C=O) groups excluding carboxylic acids is 2. The monoisotopic (exact) mass is 519 g/mol. The Labute approximate surface area is 224 Å². The number of ether oxygens (including phenoxy) is 1. The largest absolute Gasteiger partial charge is 0.507 e. The Hall–Kier alpha value is -2.99. The van der Waals surface area contributed by atoms with Gasteiger partial charge in [0, 0.05) is 5.39 Å². The van der Waals surface area contributed by atoms with Gasteiger partial charge < -0.3 is 9.84 Å². The second kappa shape index (κ2) is 10.4. The maximum absolute atomic E-state index is 12.1. The highest BCUT2D eigenvalue weighted by Crippen LogP contribution is 2.40. The molecule has 196 valence electrons. The summed E-state index contributed by atoms with van der Waals surface area (Å²) in [5.41, 5.74) is 3.89. The summed E-state index contributed by atoms with van der Waals surface area (Å²) in [6.07, 6.45) is 2.19. The normalized spacial score (nSPS) is 16.3. The first kappa shape index (κ1) is 27.1. The van der Waals surface area contributed by atoms with E-state index in [9.17, 15) is 14.7 Å². The van der Waals surface area contributed by atoms with Crippen LogP contribution in [0.15, 0.2) is 48.5 Å². The summed E-state index contributed by atoms with van der Waals surface area (Å²) >= 11 is 1.06. The predicted octanol–water partition coefficient (Wildman–Crippen LogP) is 7.05. The molecule has 0 aliphatic carbocycles. The highest BCUT2D eigenvalue weighted by molar-refractivity contribution is 8.15. The average Bonchev–Trinajstić information content (AvgIpc) is 3.13. The second-order valence-electron chi connectivity index (χ2n) is 11.8. The molecule has 2 amide bonds. The maximum atomic E-state index is 12.1. The van der Waals surface area contributed by atoms with Crippen molar-refractivity contribution in [3.8, 4) is 11.5 Å². The third-order valence-electron chi connectivity index (χ3n) is 6.80. The van der Waals surface area contributed by atoms with Crippen LogP contribution in [0.5, 0.6) is 11.5 Å². The number of hydrogen-bond donors (Lipinski definition) is 2. The highest BCUT2D eigenvalue weighted by Gasteiger charge is 2.32. The van der Waals surface area contributed by atoms with Gasteiger partial charge in [-0.25, -0.2) is 0 Å². The van der Waals surface area contributed by atoms with Crippen LogP contribution in [0.25, 0.3) is 10.8 Å². The van der Waals surface area contributed by atoms with Gasteiger partial charge in [-0.1, -0.05) is 95.8 Å². The number of benzene rings is 3. The smallest absolute Gasteiger partial charge is 0.286 e.